The molecular weight excluding hydrogens is 246 g/mol. The van der Waals surface area contributed by atoms with Crippen molar-refractivity contribution in [1.29, 1.82) is 0 Å². The van der Waals surface area contributed by atoms with Crippen molar-refractivity contribution in [3.8, 4) is 0 Å². The largest absolute Gasteiger partial charge is 0.385 e. The van der Waals surface area contributed by atoms with E-state index in [0.29, 0.717) is 0 Å². The van der Waals surface area contributed by atoms with Gasteiger partial charge in [0.15, 0.2) is 0 Å². The smallest absolute Gasteiger partial charge is 0.0374 e. The number of rotatable bonds is 3. The van der Waals surface area contributed by atoms with Gasteiger partial charge in [-0.05, 0) is 42.5 Å². The molecule has 3 heteroatoms. The topological polar surface area (TPSA) is 18.5 Å². The third-order valence-electron chi connectivity index (χ3n) is 4.39. The third-order valence-corrected chi connectivity index (χ3v) is 4.39. The average Bonchev–Trinajstić information content (AvgIpc) is 2.47. The van der Waals surface area contributed by atoms with Crippen LogP contribution in [-0.4, -0.2) is 44.2 Å². The molecule has 110 valence electrons. The van der Waals surface area contributed by atoms with Crippen LogP contribution in [0.3, 0.4) is 0 Å². The van der Waals surface area contributed by atoms with Crippen LogP contribution in [-0.2, 0) is 6.42 Å². The summed E-state index contributed by atoms with van der Waals surface area (Å²) in [7, 11) is 0. The molecule has 3 rings (SSSR count). The first-order chi connectivity index (χ1) is 9.72. The lowest BCUT2D eigenvalue weighted by Crippen LogP contribution is -2.47. The molecule has 3 nitrogen and oxygen atoms in total. The lowest BCUT2D eigenvalue weighted by atomic mass is 10.0. The second-order valence-corrected chi connectivity index (χ2v) is 6.55. The van der Waals surface area contributed by atoms with Crippen LogP contribution in [0.5, 0.6) is 0 Å². The molecule has 0 atom stereocenters. The normalized spacial score (nSPS) is 19.9. The van der Waals surface area contributed by atoms with Gasteiger partial charge in [-0.2, -0.15) is 0 Å². The van der Waals surface area contributed by atoms with E-state index in [1.54, 1.807) is 0 Å². The molecule has 0 aliphatic carbocycles. The molecule has 1 fully saturated rings. The van der Waals surface area contributed by atoms with Gasteiger partial charge in [-0.1, -0.05) is 13.8 Å². The van der Waals surface area contributed by atoms with E-state index in [1.165, 1.54) is 62.5 Å². The van der Waals surface area contributed by atoms with Gasteiger partial charge in [0.2, 0.25) is 0 Å². The molecule has 0 bridgehead atoms. The SMILES string of the molecule is CC(C)CN1CCN(c2ccc3c(c2)CCCN3)CC1. The van der Waals surface area contributed by atoms with Crippen LogP contribution in [0.15, 0.2) is 18.2 Å². The van der Waals surface area contributed by atoms with E-state index in [1.807, 2.05) is 0 Å². The molecule has 0 amide bonds. The van der Waals surface area contributed by atoms with Gasteiger partial charge in [-0.25, -0.2) is 0 Å². The highest BCUT2D eigenvalue weighted by atomic mass is 15.3. The minimum Gasteiger partial charge on any atom is -0.385 e. The molecule has 1 N–H and O–H groups in total. The first kappa shape index (κ1) is 13.7. The van der Waals surface area contributed by atoms with Crippen LogP contribution in [0.25, 0.3) is 0 Å². The minimum atomic E-state index is 0.774. The summed E-state index contributed by atoms with van der Waals surface area (Å²) in [4.78, 5) is 5.15. The standard InChI is InChI=1S/C17H27N3/c1-14(2)13-19-8-10-20(11-9-19)16-5-6-17-15(12-16)4-3-7-18-17/h5-6,12,14,18H,3-4,7-11,13H2,1-2H3. The summed E-state index contributed by atoms with van der Waals surface area (Å²) in [6.45, 7) is 11.7. The monoisotopic (exact) mass is 273 g/mol. The Morgan fingerprint density at radius 2 is 1.95 bits per heavy atom. The second kappa shape index (κ2) is 6.04. The zero-order chi connectivity index (χ0) is 13.9. The summed E-state index contributed by atoms with van der Waals surface area (Å²) in [5.41, 5.74) is 4.26. The van der Waals surface area contributed by atoms with Crippen molar-refractivity contribution in [3.63, 3.8) is 0 Å². The second-order valence-electron chi connectivity index (χ2n) is 6.55. The quantitative estimate of drug-likeness (QED) is 0.913. The molecule has 2 aliphatic rings. The summed E-state index contributed by atoms with van der Waals surface area (Å²) in [5, 5.41) is 3.49. The number of hydrogen-bond acceptors (Lipinski definition) is 3. The maximum atomic E-state index is 3.49. The number of nitrogens with zero attached hydrogens (tertiary/aromatic N) is 2. The van der Waals surface area contributed by atoms with E-state index in [9.17, 15) is 0 Å². The van der Waals surface area contributed by atoms with Crippen LogP contribution in [0, 0.1) is 5.92 Å². The molecule has 2 aliphatic heterocycles. The van der Waals surface area contributed by atoms with Gasteiger partial charge in [0.1, 0.15) is 0 Å². The van der Waals surface area contributed by atoms with Gasteiger partial charge in [-0.3, -0.25) is 4.90 Å². The molecule has 0 aromatic heterocycles. The van der Waals surface area contributed by atoms with Crippen molar-refractivity contribution in [3.05, 3.63) is 23.8 Å². The lowest BCUT2D eigenvalue weighted by molar-refractivity contribution is 0.231. The first-order valence-electron chi connectivity index (χ1n) is 8.06. The number of piperazine rings is 1. The zero-order valence-electron chi connectivity index (χ0n) is 12.9. The van der Waals surface area contributed by atoms with Crippen LogP contribution >= 0.6 is 0 Å². The Morgan fingerprint density at radius 1 is 1.15 bits per heavy atom. The summed E-state index contributed by atoms with van der Waals surface area (Å²) in [5.74, 6) is 0.774. The van der Waals surface area contributed by atoms with Crippen molar-refractivity contribution < 1.29 is 0 Å². The number of aryl methyl sites for hydroxylation is 1. The fraction of sp³-hybridized carbons (Fsp3) is 0.647. The highest BCUT2D eigenvalue weighted by Gasteiger charge is 2.19. The van der Waals surface area contributed by atoms with Crippen LogP contribution in [0.4, 0.5) is 11.4 Å². The van der Waals surface area contributed by atoms with E-state index in [0.717, 1.165) is 12.5 Å². The Labute approximate surface area is 123 Å². The van der Waals surface area contributed by atoms with E-state index < -0.39 is 0 Å². The highest BCUT2D eigenvalue weighted by Crippen LogP contribution is 2.27. The molecule has 0 spiro atoms. The summed E-state index contributed by atoms with van der Waals surface area (Å²) >= 11 is 0. The maximum Gasteiger partial charge on any atom is 0.0374 e. The minimum absolute atomic E-state index is 0.774. The van der Waals surface area contributed by atoms with Crippen molar-refractivity contribution in [2.75, 3.05) is 49.5 Å². The molecule has 0 unspecified atom stereocenters. The number of fused-ring (bicyclic) bond motifs is 1. The van der Waals surface area contributed by atoms with E-state index in [4.69, 9.17) is 0 Å². The summed E-state index contributed by atoms with van der Waals surface area (Å²) < 4.78 is 0. The van der Waals surface area contributed by atoms with E-state index >= 15 is 0 Å². The van der Waals surface area contributed by atoms with Crippen molar-refractivity contribution in [2.24, 2.45) is 5.92 Å². The lowest BCUT2D eigenvalue weighted by Gasteiger charge is -2.37. The van der Waals surface area contributed by atoms with Gasteiger partial charge < -0.3 is 10.2 Å². The van der Waals surface area contributed by atoms with Crippen LogP contribution in [0.2, 0.25) is 0 Å². The Kier molecular flexibility index (Phi) is 4.16. The Morgan fingerprint density at radius 3 is 2.70 bits per heavy atom. The van der Waals surface area contributed by atoms with Gasteiger partial charge in [-0.15, -0.1) is 0 Å². The van der Waals surface area contributed by atoms with Gasteiger partial charge >= 0.3 is 0 Å². The average molecular weight is 273 g/mol. The first-order valence-corrected chi connectivity index (χ1v) is 8.06. The van der Waals surface area contributed by atoms with Gasteiger partial charge in [0.05, 0.1) is 0 Å². The number of anilines is 2. The molecule has 20 heavy (non-hydrogen) atoms. The third kappa shape index (κ3) is 3.09. The predicted molar refractivity (Wildman–Crippen MR) is 86.7 cm³/mol. The fourth-order valence-corrected chi connectivity index (χ4v) is 3.36. The summed E-state index contributed by atoms with van der Waals surface area (Å²) in [6.07, 6.45) is 2.49. The van der Waals surface area contributed by atoms with Crippen molar-refractivity contribution in [2.45, 2.75) is 26.7 Å². The van der Waals surface area contributed by atoms with Crippen molar-refractivity contribution >= 4 is 11.4 Å². The van der Waals surface area contributed by atoms with E-state index in [-0.39, 0.29) is 0 Å². The zero-order valence-corrected chi connectivity index (χ0v) is 12.9. The highest BCUT2D eigenvalue weighted by molar-refractivity contribution is 5.61. The van der Waals surface area contributed by atoms with Gasteiger partial charge in [0.25, 0.3) is 0 Å². The molecule has 0 saturated carbocycles. The molecule has 1 aromatic rings. The van der Waals surface area contributed by atoms with Crippen molar-refractivity contribution in [1.82, 2.24) is 4.90 Å². The number of nitrogens with one attached hydrogen (secondary N) is 1. The number of benzene rings is 1. The van der Waals surface area contributed by atoms with Crippen LogP contribution in [0.1, 0.15) is 25.8 Å². The Bertz CT molecular complexity index is 448. The molecule has 1 saturated heterocycles. The maximum absolute atomic E-state index is 3.49. The molecular formula is C17H27N3. The van der Waals surface area contributed by atoms with E-state index in [2.05, 4.69) is 47.2 Å². The summed E-state index contributed by atoms with van der Waals surface area (Å²) in [6, 6.07) is 6.96. The fourth-order valence-electron chi connectivity index (χ4n) is 3.36. The number of hydrogen-bond donors (Lipinski definition) is 1. The Hall–Kier alpha value is -1.22. The molecule has 2 heterocycles. The predicted octanol–water partition coefficient (Wildman–Crippen LogP) is 2.82. The van der Waals surface area contributed by atoms with Crippen LogP contribution < -0.4 is 10.2 Å². The van der Waals surface area contributed by atoms with Gasteiger partial charge in [0, 0.05) is 50.6 Å². The molecule has 0 radical (unpaired) electrons. The Balaban J connectivity index is 1.63. The molecule has 1 aromatic carbocycles.